The van der Waals surface area contributed by atoms with Crippen LogP contribution in [-0.2, 0) is 9.59 Å². The maximum absolute atomic E-state index is 12.9. The number of imide groups is 1. The fourth-order valence-corrected chi connectivity index (χ4v) is 5.12. The van der Waals surface area contributed by atoms with Crippen molar-refractivity contribution >= 4 is 17.5 Å². The van der Waals surface area contributed by atoms with Gasteiger partial charge in [-0.2, -0.15) is 0 Å². The van der Waals surface area contributed by atoms with Crippen LogP contribution in [0.2, 0.25) is 0 Å². The number of hydrogen-bond acceptors (Lipinski definition) is 3. The molecule has 2 aromatic carbocycles. The third-order valence-electron chi connectivity index (χ3n) is 6.34. The molecule has 5 rings (SSSR count). The molecule has 2 aliphatic carbocycles. The smallest absolute Gasteiger partial charge is 0.237 e. The number of rotatable bonds is 3. The Labute approximate surface area is 152 Å². The number of amides is 2. The Hall–Kier alpha value is -2.62. The second-order valence-electron chi connectivity index (χ2n) is 7.76. The maximum atomic E-state index is 12.9. The lowest BCUT2D eigenvalue weighted by molar-refractivity contribution is -0.123. The first kappa shape index (κ1) is 15.6. The van der Waals surface area contributed by atoms with Crippen LogP contribution >= 0.6 is 0 Å². The summed E-state index contributed by atoms with van der Waals surface area (Å²) in [4.78, 5) is 27.2. The fraction of sp³-hybridized carbons (Fsp3) is 0.364. The molecule has 3 fully saturated rings. The standard InChI is InChI=1S/C22H21NO3/c1-13-4-2-3-5-18(13)26-17-10-8-16(9-11-17)23-21(24)19-14-6-7-15(12-14)20(19)22(23)25/h2-5,8-11,14-15,19-20H,6-7,12H2,1H3. The molecule has 4 nitrogen and oxygen atoms in total. The second-order valence-corrected chi connectivity index (χ2v) is 7.76. The molecule has 132 valence electrons. The first-order valence-electron chi connectivity index (χ1n) is 9.35. The summed E-state index contributed by atoms with van der Waals surface area (Å²) in [5, 5.41) is 0. The predicted octanol–water partition coefficient (Wildman–Crippen LogP) is 4.32. The van der Waals surface area contributed by atoms with Crippen LogP contribution < -0.4 is 9.64 Å². The largest absolute Gasteiger partial charge is 0.457 e. The van der Waals surface area contributed by atoms with E-state index in [9.17, 15) is 9.59 Å². The molecule has 26 heavy (non-hydrogen) atoms. The molecule has 1 saturated heterocycles. The van der Waals surface area contributed by atoms with Gasteiger partial charge in [0.15, 0.2) is 0 Å². The van der Waals surface area contributed by atoms with Gasteiger partial charge in [0.1, 0.15) is 11.5 Å². The van der Waals surface area contributed by atoms with E-state index in [-0.39, 0.29) is 23.7 Å². The Morgan fingerprint density at radius 2 is 1.50 bits per heavy atom. The van der Waals surface area contributed by atoms with Crippen molar-refractivity contribution in [2.24, 2.45) is 23.7 Å². The molecule has 1 heterocycles. The highest BCUT2D eigenvalue weighted by Gasteiger charge is 2.61. The summed E-state index contributed by atoms with van der Waals surface area (Å²) in [6.07, 6.45) is 3.26. The molecular weight excluding hydrogens is 326 g/mol. The summed E-state index contributed by atoms with van der Waals surface area (Å²) in [5.41, 5.74) is 1.72. The average molecular weight is 347 g/mol. The molecule has 0 N–H and O–H groups in total. The van der Waals surface area contributed by atoms with Gasteiger partial charge in [0, 0.05) is 0 Å². The minimum absolute atomic E-state index is 0.000211. The van der Waals surface area contributed by atoms with Gasteiger partial charge in [-0.05, 0) is 73.9 Å². The molecule has 2 bridgehead atoms. The lowest BCUT2D eigenvalue weighted by atomic mass is 9.81. The van der Waals surface area contributed by atoms with Crippen molar-refractivity contribution < 1.29 is 14.3 Å². The highest BCUT2D eigenvalue weighted by molar-refractivity contribution is 6.22. The van der Waals surface area contributed by atoms with Crippen LogP contribution in [0.4, 0.5) is 5.69 Å². The molecule has 2 amide bonds. The summed E-state index contributed by atoms with van der Waals surface area (Å²) in [6, 6.07) is 15.1. The van der Waals surface area contributed by atoms with E-state index in [1.165, 1.54) is 4.90 Å². The predicted molar refractivity (Wildman–Crippen MR) is 98.0 cm³/mol. The average Bonchev–Trinajstić information content (AvgIpc) is 3.32. The van der Waals surface area contributed by atoms with Gasteiger partial charge in [0.05, 0.1) is 17.5 Å². The zero-order chi connectivity index (χ0) is 17.8. The lowest BCUT2D eigenvalue weighted by Gasteiger charge is -2.19. The summed E-state index contributed by atoms with van der Waals surface area (Å²) in [6.45, 7) is 2.00. The zero-order valence-corrected chi connectivity index (χ0v) is 14.7. The molecule has 4 atom stereocenters. The Morgan fingerprint density at radius 3 is 2.12 bits per heavy atom. The summed E-state index contributed by atoms with van der Waals surface area (Å²) in [7, 11) is 0. The Balaban J connectivity index is 1.39. The van der Waals surface area contributed by atoms with Crippen molar-refractivity contribution in [3.8, 4) is 11.5 Å². The number of para-hydroxylation sites is 1. The number of anilines is 1. The molecule has 4 unspecified atom stereocenters. The third kappa shape index (κ3) is 2.21. The summed E-state index contributed by atoms with van der Waals surface area (Å²) in [5.74, 6) is 2.17. The van der Waals surface area contributed by atoms with Gasteiger partial charge in [-0.1, -0.05) is 18.2 Å². The number of carbonyl (C=O) groups is 2. The highest BCUT2D eigenvalue weighted by Crippen LogP contribution is 2.56. The van der Waals surface area contributed by atoms with Crippen LogP contribution in [0, 0.1) is 30.6 Å². The van der Waals surface area contributed by atoms with Gasteiger partial charge in [0.25, 0.3) is 0 Å². The van der Waals surface area contributed by atoms with Gasteiger partial charge in [-0.15, -0.1) is 0 Å². The Kier molecular flexibility index (Phi) is 3.42. The van der Waals surface area contributed by atoms with Crippen molar-refractivity contribution in [1.82, 2.24) is 0 Å². The van der Waals surface area contributed by atoms with Crippen LogP contribution in [0.3, 0.4) is 0 Å². The van der Waals surface area contributed by atoms with E-state index in [0.29, 0.717) is 23.3 Å². The number of aryl methyl sites for hydroxylation is 1. The zero-order valence-electron chi connectivity index (χ0n) is 14.7. The van der Waals surface area contributed by atoms with Gasteiger partial charge < -0.3 is 4.74 Å². The normalized spacial score (nSPS) is 29.3. The van der Waals surface area contributed by atoms with Crippen molar-refractivity contribution in [2.75, 3.05) is 4.90 Å². The molecule has 4 heteroatoms. The first-order chi connectivity index (χ1) is 12.6. The number of carbonyl (C=O) groups excluding carboxylic acids is 2. The van der Waals surface area contributed by atoms with Gasteiger partial charge >= 0.3 is 0 Å². The van der Waals surface area contributed by atoms with Crippen LogP contribution in [0.25, 0.3) is 0 Å². The van der Waals surface area contributed by atoms with Crippen LogP contribution in [0.1, 0.15) is 24.8 Å². The van der Waals surface area contributed by atoms with E-state index < -0.39 is 0 Å². The fourth-order valence-electron chi connectivity index (χ4n) is 5.12. The molecular formula is C22H21NO3. The van der Waals surface area contributed by atoms with Crippen molar-refractivity contribution in [3.05, 3.63) is 54.1 Å². The van der Waals surface area contributed by atoms with Crippen LogP contribution in [0.5, 0.6) is 11.5 Å². The van der Waals surface area contributed by atoms with Crippen LogP contribution in [0.15, 0.2) is 48.5 Å². The second kappa shape index (κ2) is 5.70. The number of fused-ring (bicyclic) bond motifs is 5. The minimum Gasteiger partial charge on any atom is -0.457 e. The number of benzene rings is 2. The van der Waals surface area contributed by atoms with E-state index in [2.05, 4.69) is 0 Å². The number of hydrogen-bond donors (Lipinski definition) is 0. The van der Waals surface area contributed by atoms with Crippen LogP contribution in [-0.4, -0.2) is 11.8 Å². The molecule has 2 saturated carbocycles. The first-order valence-corrected chi connectivity index (χ1v) is 9.35. The maximum Gasteiger partial charge on any atom is 0.237 e. The topological polar surface area (TPSA) is 46.6 Å². The van der Waals surface area contributed by atoms with Crippen molar-refractivity contribution in [2.45, 2.75) is 26.2 Å². The monoisotopic (exact) mass is 347 g/mol. The Bertz CT molecular complexity index is 861. The lowest BCUT2D eigenvalue weighted by Crippen LogP contribution is -2.32. The molecule has 3 aliphatic rings. The van der Waals surface area contributed by atoms with Gasteiger partial charge in [-0.25, -0.2) is 0 Å². The SMILES string of the molecule is Cc1ccccc1Oc1ccc(N2C(=O)C3C4CCC(C4)C3C2=O)cc1. The number of nitrogens with zero attached hydrogens (tertiary/aromatic N) is 1. The van der Waals surface area contributed by atoms with E-state index in [1.807, 2.05) is 55.5 Å². The van der Waals surface area contributed by atoms with Crippen molar-refractivity contribution in [1.29, 1.82) is 0 Å². The molecule has 2 aromatic rings. The molecule has 0 aromatic heterocycles. The van der Waals surface area contributed by atoms with Crippen molar-refractivity contribution in [3.63, 3.8) is 0 Å². The van der Waals surface area contributed by atoms with E-state index >= 15 is 0 Å². The van der Waals surface area contributed by atoms with Gasteiger partial charge in [0.2, 0.25) is 11.8 Å². The highest BCUT2D eigenvalue weighted by atomic mass is 16.5. The summed E-state index contributed by atoms with van der Waals surface area (Å²) >= 11 is 0. The third-order valence-corrected chi connectivity index (χ3v) is 6.34. The van der Waals surface area contributed by atoms with E-state index in [0.717, 1.165) is 30.6 Å². The molecule has 0 spiro atoms. The minimum atomic E-state index is -0.0795. The van der Waals surface area contributed by atoms with E-state index in [1.54, 1.807) is 0 Å². The van der Waals surface area contributed by atoms with Gasteiger partial charge in [-0.3, -0.25) is 14.5 Å². The number of ether oxygens (including phenoxy) is 1. The Morgan fingerprint density at radius 1 is 0.885 bits per heavy atom. The quantitative estimate of drug-likeness (QED) is 0.777. The molecule has 0 radical (unpaired) electrons. The molecule has 1 aliphatic heterocycles. The van der Waals surface area contributed by atoms with E-state index in [4.69, 9.17) is 4.74 Å². The summed E-state index contributed by atoms with van der Waals surface area (Å²) < 4.78 is 5.91.